The molecule has 1 aromatic rings. The lowest BCUT2D eigenvalue weighted by Gasteiger charge is -1.97. The van der Waals surface area contributed by atoms with E-state index in [1.165, 1.54) is 11.3 Å². The second-order valence-electron chi connectivity index (χ2n) is 1.72. The second kappa shape index (κ2) is 3.81. The minimum atomic E-state index is 0.537. The van der Waals surface area contributed by atoms with Crippen LogP contribution in [0, 0.1) is 0 Å². The molecule has 0 atom stereocenters. The van der Waals surface area contributed by atoms with Gasteiger partial charge in [0, 0.05) is 18.0 Å². The van der Waals surface area contributed by atoms with Crippen LogP contribution in [0.4, 0.5) is 0 Å². The fourth-order valence-electron chi connectivity index (χ4n) is 0.530. The topological polar surface area (TPSA) is 35.2 Å². The van der Waals surface area contributed by atoms with E-state index in [4.69, 9.17) is 22.1 Å². The SMILES string of the molecule is NCCOc1cc(Cl)cs1. The number of hydrogen-bond acceptors (Lipinski definition) is 3. The first-order chi connectivity index (χ1) is 4.83. The molecule has 0 aliphatic rings. The van der Waals surface area contributed by atoms with Gasteiger partial charge in [-0.1, -0.05) is 11.6 Å². The Kier molecular flexibility index (Phi) is 2.99. The van der Waals surface area contributed by atoms with Gasteiger partial charge in [0.25, 0.3) is 0 Å². The number of rotatable bonds is 3. The highest BCUT2D eigenvalue weighted by Crippen LogP contribution is 2.25. The lowest BCUT2D eigenvalue weighted by molar-refractivity contribution is 0.338. The van der Waals surface area contributed by atoms with Crippen LogP contribution in [0.5, 0.6) is 5.06 Å². The van der Waals surface area contributed by atoms with Gasteiger partial charge in [0.05, 0.1) is 5.02 Å². The van der Waals surface area contributed by atoms with Gasteiger partial charge in [0.1, 0.15) is 6.61 Å². The van der Waals surface area contributed by atoms with E-state index in [1.807, 2.05) is 5.38 Å². The highest BCUT2D eigenvalue weighted by molar-refractivity contribution is 7.12. The third kappa shape index (κ3) is 2.17. The lowest BCUT2D eigenvalue weighted by Crippen LogP contribution is -2.09. The highest BCUT2D eigenvalue weighted by Gasteiger charge is 1.95. The maximum Gasteiger partial charge on any atom is 0.175 e. The molecule has 0 fully saturated rings. The molecular formula is C6H8ClNOS. The summed E-state index contributed by atoms with van der Waals surface area (Å²) in [7, 11) is 0. The summed E-state index contributed by atoms with van der Waals surface area (Å²) in [5.74, 6) is 0. The normalized spacial score (nSPS) is 9.80. The Labute approximate surface area is 68.6 Å². The van der Waals surface area contributed by atoms with Crippen molar-refractivity contribution < 1.29 is 4.74 Å². The summed E-state index contributed by atoms with van der Waals surface area (Å²) in [6.07, 6.45) is 0. The Morgan fingerprint density at radius 1 is 1.70 bits per heavy atom. The molecule has 0 bridgehead atoms. The van der Waals surface area contributed by atoms with Gasteiger partial charge in [0.2, 0.25) is 0 Å². The van der Waals surface area contributed by atoms with Gasteiger partial charge in [-0.2, -0.15) is 0 Å². The van der Waals surface area contributed by atoms with Crippen LogP contribution in [0.15, 0.2) is 11.4 Å². The second-order valence-corrected chi connectivity index (χ2v) is 3.03. The summed E-state index contributed by atoms with van der Waals surface area (Å²) in [5, 5.41) is 3.38. The van der Waals surface area contributed by atoms with E-state index in [1.54, 1.807) is 6.07 Å². The van der Waals surface area contributed by atoms with Gasteiger partial charge >= 0.3 is 0 Å². The number of thiophene rings is 1. The van der Waals surface area contributed by atoms with Crippen LogP contribution in [0.2, 0.25) is 5.02 Å². The van der Waals surface area contributed by atoms with Crippen molar-refractivity contribution >= 4 is 22.9 Å². The first-order valence-electron chi connectivity index (χ1n) is 2.90. The van der Waals surface area contributed by atoms with Gasteiger partial charge in [-0.05, 0) is 0 Å². The average Bonchev–Trinajstić information content (AvgIpc) is 2.31. The van der Waals surface area contributed by atoms with Gasteiger partial charge < -0.3 is 10.5 Å². The molecule has 10 heavy (non-hydrogen) atoms. The van der Waals surface area contributed by atoms with E-state index in [9.17, 15) is 0 Å². The predicted molar refractivity (Wildman–Crippen MR) is 43.9 cm³/mol. The van der Waals surface area contributed by atoms with Crippen LogP contribution >= 0.6 is 22.9 Å². The molecule has 1 rings (SSSR count). The summed E-state index contributed by atoms with van der Waals surface area (Å²) < 4.78 is 5.19. The Hall–Kier alpha value is -0.250. The van der Waals surface area contributed by atoms with Gasteiger partial charge in [-0.25, -0.2) is 0 Å². The minimum absolute atomic E-state index is 0.537. The molecule has 0 radical (unpaired) electrons. The Balaban J connectivity index is 2.42. The molecule has 0 aliphatic heterocycles. The van der Waals surface area contributed by atoms with Crippen LogP contribution in [0.1, 0.15) is 0 Å². The van der Waals surface area contributed by atoms with Crippen molar-refractivity contribution in [3.63, 3.8) is 0 Å². The summed E-state index contributed by atoms with van der Waals surface area (Å²) in [5.41, 5.74) is 5.23. The number of hydrogen-bond donors (Lipinski definition) is 1. The first kappa shape index (κ1) is 7.85. The van der Waals surface area contributed by atoms with Gasteiger partial charge in [-0.15, -0.1) is 11.3 Å². The van der Waals surface area contributed by atoms with E-state index < -0.39 is 0 Å². The molecule has 0 aliphatic carbocycles. The van der Waals surface area contributed by atoms with Crippen molar-refractivity contribution in [1.29, 1.82) is 0 Å². The molecule has 1 aromatic heterocycles. The molecule has 0 unspecified atom stereocenters. The fourth-order valence-corrected chi connectivity index (χ4v) is 1.47. The zero-order chi connectivity index (χ0) is 7.40. The molecule has 4 heteroatoms. The van der Waals surface area contributed by atoms with Crippen molar-refractivity contribution in [2.75, 3.05) is 13.2 Å². The van der Waals surface area contributed by atoms with Crippen molar-refractivity contribution in [2.45, 2.75) is 0 Å². The molecular weight excluding hydrogens is 170 g/mol. The zero-order valence-corrected chi connectivity index (χ0v) is 6.91. The minimum Gasteiger partial charge on any atom is -0.483 e. The number of nitrogens with two attached hydrogens (primary N) is 1. The lowest BCUT2D eigenvalue weighted by atomic mass is 10.6. The third-order valence-corrected chi connectivity index (χ3v) is 2.09. The molecule has 56 valence electrons. The molecule has 0 amide bonds. The Morgan fingerprint density at radius 2 is 2.50 bits per heavy atom. The third-order valence-electron chi connectivity index (χ3n) is 0.906. The zero-order valence-electron chi connectivity index (χ0n) is 5.34. The molecule has 2 N–H and O–H groups in total. The number of halogens is 1. The van der Waals surface area contributed by atoms with Crippen LogP contribution in [0.3, 0.4) is 0 Å². The van der Waals surface area contributed by atoms with Crippen molar-refractivity contribution in [3.05, 3.63) is 16.5 Å². The molecule has 1 heterocycles. The van der Waals surface area contributed by atoms with Crippen LogP contribution in [0.25, 0.3) is 0 Å². The van der Waals surface area contributed by atoms with E-state index in [0.717, 1.165) is 10.1 Å². The van der Waals surface area contributed by atoms with E-state index in [2.05, 4.69) is 0 Å². The monoisotopic (exact) mass is 177 g/mol. The summed E-state index contributed by atoms with van der Waals surface area (Å²) in [6.45, 7) is 1.09. The van der Waals surface area contributed by atoms with Crippen LogP contribution < -0.4 is 10.5 Å². The predicted octanol–water partition coefficient (Wildman–Crippen LogP) is 1.74. The van der Waals surface area contributed by atoms with Crippen molar-refractivity contribution in [3.8, 4) is 5.06 Å². The molecule has 0 aromatic carbocycles. The van der Waals surface area contributed by atoms with Gasteiger partial charge in [0.15, 0.2) is 5.06 Å². The smallest absolute Gasteiger partial charge is 0.175 e. The van der Waals surface area contributed by atoms with E-state index >= 15 is 0 Å². The summed E-state index contributed by atoms with van der Waals surface area (Å²) >= 11 is 7.12. The van der Waals surface area contributed by atoms with Gasteiger partial charge in [-0.3, -0.25) is 0 Å². The quantitative estimate of drug-likeness (QED) is 0.764. The molecule has 2 nitrogen and oxygen atoms in total. The Morgan fingerprint density at radius 3 is 3.00 bits per heavy atom. The first-order valence-corrected chi connectivity index (χ1v) is 4.15. The van der Waals surface area contributed by atoms with Crippen molar-refractivity contribution in [1.82, 2.24) is 0 Å². The fraction of sp³-hybridized carbons (Fsp3) is 0.333. The maximum atomic E-state index is 5.64. The summed E-state index contributed by atoms with van der Waals surface area (Å²) in [4.78, 5) is 0. The molecule has 0 saturated heterocycles. The number of ether oxygens (including phenoxy) is 1. The Bertz CT molecular complexity index is 201. The maximum absolute atomic E-state index is 5.64. The molecule has 0 saturated carbocycles. The van der Waals surface area contributed by atoms with E-state index in [-0.39, 0.29) is 0 Å². The van der Waals surface area contributed by atoms with E-state index in [0.29, 0.717) is 13.2 Å². The average molecular weight is 178 g/mol. The van der Waals surface area contributed by atoms with Crippen LogP contribution in [-0.2, 0) is 0 Å². The largest absolute Gasteiger partial charge is 0.483 e. The highest BCUT2D eigenvalue weighted by atomic mass is 35.5. The molecule has 0 spiro atoms. The standard InChI is InChI=1S/C6H8ClNOS/c7-5-3-6(10-4-5)9-2-1-8/h3-4H,1-2,8H2. The van der Waals surface area contributed by atoms with Crippen molar-refractivity contribution in [2.24, 2.45) is 5.73 Å². The van der Waals surface area contributed by atoms with Crippen LogP contribution in [-0.4, -0.2) is 13.2 Å². The summed E-state index contributed by atoms with van der Waals surface area (Å²) in [6, 6.07) is 1.78.